The topological polar surface area (TPSA) is 126 Å². The third-order valence-electron chi connectivity index (χ3n) is 8.75. The van der Waals surface area contributed by atoms with Gasteiger partial charge in [-0.25, -0.2) is 17.5 Å². The van der Waals surface area contributed by atoms with Gasteiger partial charge in [0.2, 0.25) is 0 Å². The van der Waals surface area contributed by atoms with Gasteiger partial charge in [-0.15, -0.1) is 0 Å². The fraction of sp³-hybridized carbons (Fsp3) is 0.333. The number of para-hydroxylation sites is 1. The van der Waals surface area contributed by atoms with E-state index in [1.165, 1.54) is 24.3 Å². The maximum Gasteiger partial charge on any atom is 0.341 e. The van der Waals surface area contributed by atoms with E-state index < -0.39 is 28.0 Å². The normalized spacial score (nSPS) is 20.9. The second-order valence-electron chi connectivity index (χ2n) is 11.7. The number of amides is 3. The van der Waals surface area contributed by atoms with Gasteiger partial charge < -0.3 is 15.5 Å². The maximum atomic E-state index is 14.1. The summed E-state index contributed by atoms with van der Waals surface area (Å²) >= 11 is 6.05. The van der Waals surface area contributed by atoms with Gasteiger partial charge in [-0.1, -0.05) is 42.3 Å². The summed E-state index contributed by atoms with van der Waals surface area (Å²) in [4.78, 5) is 32.2. The molecular weight excluding hydrogens is 600 g/mol. The summed E-state index contributed by atoms with van der Waals surface area (Å²) in [5, 5.41) is 1.40. The molecule has 0 bridgehead atoms. The van der Waals surface area contributed by atoms with Crippen LogP contribution in [0.3, 0.4) is 0 Å². The monoisotopic (exact) mass is 634 g/mol. The van der Waals surface area contributed by atoms with Crippen LogP contribution in [0.15, 0.2) is 77.8 Å². The molecule has 0 radical (unpaired) electrons. The minimum Gasteiger partial charge on any atom is -0.457 e. The highest BCUT2D eigenvalue weighted by molar-refractivity contribution is 7.89. The lowest BCUT2D eigenvalue weighted by molar-refractivity contribution is -0.128. The number of carbonyl (C=O) groups is 2. The van der Waals surface area contributed by atoms with Gasteiger partial charge in [0.15, 0.2) is 0 Å². The number of carbonyl (C=O) groups excluding carboxylic acids is 2. The third-order valence-corrected chi connectivity index (χ3v) is 10.8. The van der Waals surface area contributed by atoms with E-state index in [0.29, 0.717) is 29.0 Å². The molecule has 4 aromatic rings. The number of nitrogens with zero attached hydrogens (tertiary/aromatic N) is 2. The number of rotatable bonds is 9. The Morgan fingerprint density at radius 3 is 2.50 bits per heavy atom. The Bertz CT molecular complexity index is 1810. The number of nitrogens with one attached hydrogen (secondary N) is 1. The van der Waals surface area contributed by atoms with Crippen molar-refractivity contribution < 1.29 is 22.7 Å². The molecule has 3 N–H and O–H groups in total. The fourth-order valence-corrected chi connectivity index (χ4v) is 8.17. The third kappa shape index (κ3) is 5.81. The van der Waals surface area contributed by atoms with E-state index in [0.717, 1.165) is 56.9 Å². The second kappa shape index (κ2) is 12.3. The van der Waals surface area contributed by atoms with Crippen molar-refractivity contribution in [2.24, 2.45) is 17.6 Å². The van der Waals surface area contributed by atoms with Crippen molar-refractivity contribution in [1.82, 2.24) is 14.2 Å². The number of fused-ring (bicyclic) bond motifs is 1. The van der Waals surface area contributed by atoms with Gasteiger partial charge in [-0.3, -0.25) is 9.69 Å². The minimum absolute atomic E-state index is 0.0514. The van der Waals surface area contributed by atoms with E-state index in [4.69, 9.17) is 22.1 Å². The summed E-state index contributed by atoms with van der Waals surface area (Å²) in [6.07, 6.45) is 5.50. The Hall–Kier alpha value is -3.86. The smallest absolute Gasteiger partial charge is 0.341 e. The van der Waals surface area contributed by atoms with Crippen LogP contribution < -0.4 is 10.5 Å². The molecule has 2 heterocycles. The van der Waals surface area contributed by atoms with E-state index in [1.54, 1.807) is 30.5 Å². The van der Waals surface area contributed by atoms with Crippen molar-refractivity contribution in [3.05, 3.63) is 89.1 Å². The van der Waals surface area contributed by atoms with Crippen LogP contribution in [-0.4, -0.2) is 53.7 Å². The van der Waals surface area contributed by atoms with E-state index in [9.17, 15) is 18.0 Å². The number of urea groups is 1. The predicted molar refractivity (Wildman–Crippen MR) is 169 cm³/mol. The van der Waals surface area contributed by atoms with Gasteiger partial charge in [0, 0.05) is 35.1 Å². The van der Waals surface area contributed by atoms with Gasteiger partial charge in [-0.05, 0) is 98.2 Å². The Morgan fingerprint density at radius 2 is 1.75 bits per heavy atom. The molecular formula is C33H35ClN4O5S. The average molecular weight is 635 g/mol. The summed E-state index contributed by atoms with van der Waals surface area (Å²) in [5.41, 5.74) is 8.64. The zero-order valence-corrected chi connectivity index (χ0v) is 26.0. The number of aryl methyl sites for hydroxylation is 1. The van der Waals surface area contributed by atoms with Crippen LogP contribution in [0.5, 0.6) is 11.5 Å². The van der Waals surface area contributed by atoms with Crippen molar-refractivity contribution in [3.8, 4) is 11.5 Å². The number of imide groups is 1. The first-order valence-corrected chi connectivity index (χ1v) is 16.7. The van der Waals surface area contributed by atoms with Crippen LogP contribution in [0.2, 0.25) is 5.02 Å². The van der Waals surface area contributed by atoms with Crippen molar-refractivity contribution in [2.45, 2.75) is 50.0 Å². The summed E-state index contributed by atoms with van der Waals surface area (Å²) in [5.74, 6) is 0.801. The quantitative estimate of drug-likeness (QED) is 0.210. The van der Waals surface area contributed by atoms with E-state index in [2.05, 4.69) is 4.98 Å². The molecule has 3 unspecified atom stereocenters. The molecule has 9 nitrogen and oxygen atoms in total. The summed E-state index contributed by atoms with van der Waals surface area (Å²) in [6.45, 7) is 2.71. The number of benzene rings is 3. The van der Waals surface area contributed by atoms with E-state index >= 15 is 0 Å². The molecule has 1 aliphatic carbocycles. The van der Waals surface area contributed by atoms with Gasteiger partial charge in [0.25, 0.3) is 15.9 Å². The molecule has 1 aliphatic heterocycles. The van der Waals surface area contributed by atoms with Gasteiger partial charge in [0.05, 0.1) is 4.90 Å². The molecule has 2 fully saturated rings. The lowest BCUT2D eigenvalue weighted by atomic mass is 9.81. The Balaban J connectivity index is 1.32. The highest BCUT2D eigenvalue weighted by Crippen LogP contribution is 2.35. The SMILES string of the molecule is Cc1cccc2c(CC3C(=O)N(CC4CCCC(CN)C4)C(=O)N3S(=O)(=O)c3ccc(Oc4cccc(Cl)c4)cc3)c[nH]c12. The minimum atomic E-state index is -4.41. The molecule has 11 heteroatoms. The molecule has 2 aliphatic rings. The lowest BCUT2D eigenvalue weighted by Crippen LogP contribution is -2.41. The summed E-state index contributed by atoms with van der Waals surface area (Å²) < 4.78 is 34.9. The Labute approximate surface area is 262 Å². The van der Waals surface area contributed by atoms with Crippen LogP contribution in [0, 0.1) is 18.8 Å². The van der Waals surface area contributed by atoms with Crippen molar-refractivity contribution >= 4 is 44.5 Å². The summed E-state index contributed by atoms with van der Waals surface area (Å²) in [6, 6.07) is 16.4. The highest BCUT2D eigenvalue weighted by Gasteiger charge is 2.52. The van der Waals surface area contributed by atoms with Crippen molar-refractivity contribution in [1.29, 1.82) is 0 Å². The number of hydrogen-bond donors (Lipinski definition) is 2. The molecule has 3 amide bonds. The highest BCUT2D eigenvalue weighted by atomic mass is 35.5. The van der Waals surface area contributed by atoms with Crippen molar-refractivity contribution in [3.63, 3.8) is 0 Å². The predicted octanol–water partition coefficient (Wildman–Crippen LogP) is 6.25. The van der Waals surface area contributed by atoms with Crippen LogP contribution in [-0.2, 0) is 21.2 Å². The first-order chi connectivity index (χ1) is 21.2. The van der Waals surface area contributed by atoms with Crippen LogP contribution in [0.1, 0.15) is 36.8 Å². The zero-order chi connectivity index (χ0) is 31.0. The largest absolute Gasteiger partial charge is 0.457 e. The molecule has 0 spiro atoms. The number of aromatic amines is 1. The average Bonchev–Trinajstić information content (AvgIpc) is 3.53. The molecule has 3 atom stereocenters. The first kappa shape index (κ1) is 30.2. The number of aromatic nitrogens is 1. The molecule has 1 saturated carbocycles. The zero-order valence-electron chi connectivity index (χ0n) is 24.4. The fourth-order valence-electron chi connectivity index (χ4n) is 6.48. The molecule has 1 aromatic heterocycles. The number of ether oxygens (including phenoxy) is 1. The number of halogens is 1. The molecule has 6 rings (SSSR count). The molecule has 230 valence electrons. The van der Waals surface area contributed by atoms with Gasteiger partial charge in [0.1, 0.15) is 17.5 Å². The van der Waals surface area contributed by atoms with Crippen LogP contribution in [0.25, 0.3) is 10.9 Å². The molecule has 1 saturated heterocycles. The number of sulfonamides is 1. The van der Waals surface area contributed by atoms with Gasteiger partial charge in [-0.2, -0.15) is 0 Å². The molecule has 3 aromatic carbocycles. The Morgan fingerprint density at radius 1 is 1.00 bits per heavy atom. The maximum absolute atomic E-state index is 14.1. The lowest BCUT2D eigenvalue weighted by Gasteiger charge is -2.30. The Kier molecular flexibility index (Phi) is 8.41. The first-order valence-electron chi connectivity index (χ1n) is 14.8. The van der Waals surface area contributed by atoms with Crippen LogP contribution >= 0.6 is 11.6 Å². The second-order valence-corrected chi connectivity index (χ2v) is 14.0. The van der Waals surface area contributed by atoms with E-state index in [-0.39, 0.29) is 23.8 Å². The number of hydrogen-bond acceptors (Lipinski definition) is 6. The summed E-state index contributed by atoms with van der Waals surface area (Å²) in [7, 11) is -4.41. The van der Waals surface area contributed by atoms with E-state index in [1.807, 2.05) is 25.1 Å². The molecule has 44 heavy (non-hydrogen) atoms. The van der Waals surface area contributed by atoms with Crippen LogP contribution in [0.4, 0.5) is 4.79 Å². The number of H-pyrrole nitrogens is 1. The number of nitrogens with two attached hydrogens (primary N) is 1. The van der Waals surface area contributed by atoms with Crippen molar-refractivity contribution in [2.75, 3.05) is 13.1 Å². The standard InChI is InChI=1S/C33H35ClN4O5S/c1-21-5-2-10-29-24(19-36-31(21)29)16-30-32(39)37(20-23-7-3-6-22(15-23)18-35)33(40)38(30)44(41,42)28-13-11-26(12-14-28)43-27-9-4-8-25(34)17-27/h2,4-5,8-14,17,19,22-23,30,36H,3,6-7,15-16,18,20,35H2,1H3. The van der Waals surface area contributed by atoms with Gasteiger partial charge >= 0.3 is 6.03 Å².